The van der Waals surface area contributed by atoms with Crippen LogP contribution in [0.25, 0.3) is 0 Å². The van der Waals surface area contributed by atoms with Crippen LogP contribution in [-0.2, 0) is 11.3 Å². The van der Waals surface area contributed by atoms with E-state index in [-0.39, 0.29) is 5.91 Å². The fraction of sp³-hybridized carbons (Fsp3) is 0.357. The maximum Gasteiger partial charge on any atom is 0.224 e. The molecular formula is C14H19NO. The molecule has 0 fully saturated rings. The second-order valence-corrected chi connectivity index (χ2v) is 4.22. The Balaban J connectivity index is 2.40. The summed E-state index contributed by atoms with van der Waals surface area (Å²) in [4.78, 5) is 11.6. The van der Waals surface area contributed by atoms with Crippen LogP contribution in [0.3, 0.4) is 0 Å². The molecule has 1 amide bonds. The molecule has 0 aromatic heterocycles. The monoisotopic (exact) mass is 217 g/mol. The SMILES string of the molecule is CC(C)=C(C)CC(=O)NCc1ccccc1. The minimum Gasteiger partial charge on any atom is -0.352 e. The van der Waals surface area contributed by atoms with Crippen LogP contribution in [0.2, 0.25) is 0 Å². The van der Waals surface area contributed by atoms with Crippen molar-refractivity contribution in [3.8, 4) is 0 Å². The van der Waals surface area contributed by atoms with Crippen molar-refractivity contribution < 1.29 is 4.79 Å². The Labute approximate surface area is 97.4 Å². The molecule has 1 N–H and O–H groups in total. The Morgan fingerprint density at radius 3 is 2.31 bits per heavy atom. The van der Waals surface area contributed by atoms with Gasteiger partial charge in [-0.25, -0.2) is 0 Å². The molecule has 0 saturated heterocycles. The van der Waals surface area contributed by atoms with E-state index < -0.39 is 0 Å². The first-order chi connectivity index (χ1) is 7.59. The van der Waals surface area contributed by atoms with Gasteiger partial charge in [-0.1, -0.05) is 41.5 Å². The van der Waals surface area contributed by atoms with Crippen LogP contribution in [0.1, 0.15) is 32.8 Å². The molecule has 0 heterocycles. The summed E-state index contributed by atoms with van der Waals surface area (Å²) in [6.45, 7) is 6.66. The molecule has 1 aromatic rings. The largest absolute Gasteiger partial charge is 0.352 e. The van der Waals surface area contributed by atoms with Gasteiger partial charge >= 0.3 is 0 Å². The maximum atomic E-state index is 11.6. The highest BCUT2D eigenvalue weighted by molar-refractivity contribution is 5.78. The van der Waals surface area contributed by atoms with E-state index in [4.69, 9.17) is 0 Å². The third-order valence-corrected chi connectivity index (χ3v) is 2.61. The quantitative estimate of drug-likeness (QED) is 0.772. The topological polar surface area (TPSA) is 29.1 Å². The lowest BCUT2D eigenvalue weighted by Gasteiger charge is -2.06. The van der Waals surface area contributed by atoms with Gasteiger partial charge in [-0.3, -0.25) is 4.79 Å². The third kappa shape index (κ3) is 4.30. The molecule has 0 atom stereocenters. The van der Waals surface area contributed by atoms with Gasteiger partial charge in [0.15, 0.2) is 0 Å². The van der Waals surface area contributed by atoms with Crippen molar-refractivity contribution in [2.24, 2.45) is 0 Å². The van der Waals surface area contributed by atoms with Gasteiger partial charge in [-0.2, -0.15) is 0 Å². The summed E-state index contributed by atoms with van der Waals surface area (Å²) in [5, 5.41) is 2.91. The predicted octanol–water partition coefficient (Wildman–Crippen LogP) is 3.05. The van der Waals surface area contributed by atoms with Gasteiger partial charge in [0.25, 0.3) is 0 Å². The Morgan fingerprint density at radius 2 is 1.75 bits per heavy atom. The highest BCUT2D eigenvalue weighted by atomic mass is 16.1. The van der Waals surface area contributed by atoms with Crippen LogP contribution in [0, 0.1) is 0 Å². The molecule has 16 heavy (non-hydrogen) atoms. The number of rotatable bonds is 4. The minimum atomic E-state index is 0.0857. The van der Waals surface area contributed by atoms with Crippen molar-refractivity contribution in [1.82, 2.24) is 5.32 Å². The smallest absolute Gasteiger partial charge is 0.224 e. The summed E-state index contributed by atoms with van der Waals surface area (Å²) >= 11 is 0. The minimum absolute atomic E-state index is 0.0857. The lowest BCUT2D eigenvalue weighted by atomic mass is 10.1. The van der Waals surface area contributed by atoms with Crippen molar-refractivity contribution in [2.75, 3.05) is 0 Å². The van der Waals surface area contributed by atoms with Gasteiger partial charge in [0.1, 0.15) is 0 Å². The molecule has 0 radical (unpaired) electrons. The van der Waals surface area contributed by atoms with Crippen LogP contribution in [-0.4, -0.2) is 5.91 Å². The number of carbonyl (C=O) groups is 1. The van der Waals surface area contributed by atoms with Crippen molar-refractivity contribution in [2.45, 2.75) is 33.7 Å². The van der Waals surface area contributed by atoms with E-state index in [2.05, 4.69) is 5.32 Å². The zero-order valence-corrected chi connectivity index (χ0v) is 10.2. The molecule has 1 aromatic carbocycles. The predicted molar refractivity (Wildman–Crippen MR) is 67.0 cm³/mol. The second kappa shape index (κ2) is 6.11. The van der Waals surface area contributed by atoms with E-state index in [0.717, 1.165) is 11.1 Å². The second-order valence-electron chi connectivity index (χ2n) is 4.22. The number of hydrogen-bond donors (Lipinski definition) is 1. The molecule has 0 bridgehead atoms. The molecule has 0 aliphatic rings. The van der Waals surface area contributed by atoms with Crippen LogP contribution >= 0.6 is 0 Å². The Bertz CT molecular complexity index is 375. The number of benzene rings is 1. The highest BCUT2D eigenvalue weighted by Gasteiger charge is 2.03. The molecular weight excluding hydrogens is 198 g/mol. The first kappa shape index (κ1) is 12.5. The van der Waals surface area contributed by atoms with Crippen LogP contribution in [0.5, 0.6) is 0 Å². The van der Waals surface area contributed by atoms with Crippen molar-refractivity contribution in [1.29, 1.82) is 0 Å². The standard InChI is InChI=1S/C14H19NO/c1-11(2)12(3)9-14(16)15-10-13-7-5-4-6-8-13/h4-8H,9-10H2,1-3H3,(H,15,16). The lowest BCUT2D eigenvalue weighted by Crippen LogP contribution is -2.22. The Hall–Kier alpha value is -1.57. The molecule has 86 valence electrons. The summed E-state index contributed by atoms with van der Waals surface area (Å²) in [6.07, 6.45) is 0.495. The van der Waals surface area contributed by atoms with Gasteiger partial charge in [-0.15, -0.1) is 0 Å². The van der Waals surface area contributed by atoms with E-state index in [1.165, 1.54) is 5.57 Å². The fourth-order valence-corrected chi connectivity index (χ4v) is 1.28. The van der Waals surface area contributed by atoms with E-state index in [1.54, 1.807) is 0 Å². The summed E-state index contributed by atoms with van der Waals surface area (Å²) in [7, 11) is 0. The van der Waals surface area contributed by atoms with Gasteiger partial charge in [0.2, 0.25) is 5.91 Å². The number of carbonyl (C=O) groups excluding carboxylic acids is 1. The molecule has 0 saturated carbocycles. The van der Waals surface area contributed by atoms with E-state index in [9.17, 15) is 4.79 Å². The van der Waals surface area contributed by atoms with Crippen LogP contribution in [0.4, 0.5) is 0 Å². The molecule has 2 nitrogen and oxygen atoms in total. The molecule has 0 unspecified atom stereocenters. The zero-order chi connectivity index (χ0) is 12.0. The van der Waals surface area contributed by atoms with Crippen LogP contribution < -0.4 is 5.32 Å². The molecule has 0 aliphatic heterocycles. The van der Waals surface area contributed by atoms with E-state index in [0.29, 0.717) is 13.0 Å². The number of nitrogens with one attached hydrogen (secondary N) is 1. The van der Waals surface area contributed by atoms with Gasteiger partial charge in [0.05, 0.1) is 0 Å². The fourth-order valence-electron chi connectivity index (χ4n) is 1.28. The summed E-state index contributed by atoms with van der Waals surface area (Å²) < 4.78 is 0. The highest BCUT2D eigenvalue weighted by Crippen LogP contribution is 2.06. The normalized spacial score (nSPS) is 9.69. The molecule has 0 spiro atoms. The molecule has 0 aliphatic carbocycles. The van der Waals surface area contributed by atoms with Gasteiger partial charge in [0, 0.05) is 13.0 Å². The van der Waals surface area contributed by atoms with Crippen LogP contribution in [0.15, 0.2) is 41.5 Å². The van der Waals surface area contributed by atoms with Crippen molar-refractivity contribution in [3.63, 3.8) is 0 Å². The average molecular weight is 217 g/mol. The maximum absolute atomic E-state index is 11.6. The van der Waals surface area contributed by atoms with Crippen molar-refractivity contribution >= 4 is 5.91 Å². The third-order valence-electron chi connectivity index (χ3n) is 2.61. The van der Waals surface area contributed by atoms with E-state index >= 15 is 0 Å². The van der Waals surface area contributed by atoms with Crippen molar-refractivity contribution in [3.05, 3.63) is 47.0 Å². The molecule has 2 heteroatoms. The average Bonchev–Trinajstić information content (AvgIpc) is 2.27. The summed E-state index contributed by atoms with van der Waals surface area (Å²) in [5.41, 5.74) is 3.49. The zero-order valence-electron chi connectivity index (χ0n) is 10.2. The number of hydrogen-bond acceptors (Lipinski definition) is 1. The Kier molecular flexibility index (Phi) is 4.77. The number of amides is 1. The molecule has 1 rings (SSSR count). The van der Waals surface area contributed by atoms with Gasteiger partial charge < -0.3 is 5.32 Å². The Morgan fingerprint density at radius 1 is 1.12 bits per heavy atom. The number of allylic oxidation sites excluding steroid dienone is 1. The lowest BCUT2D eigenvalue weighted by molar-refractivity contribution is -0.120. The van der Waals surface area contributed by atoms with E-state index in [1.807, 2.05) is 51.1 Å². The first-order valence-corrected chi connectivity index (χ1v) is 5.53. The summed E-state index contributed by atoms with van der Waals surface area (Å²) in [6, 6.07) is 9.94. The first-order valence-electron chi connectivity index (χ1n) is 5.53. The van der Waals surface area contributed by atoms with Gasteiger partial charge in [-0.05, 0) is 26.3 Å². The summed E-state index contributed by atoms with van der Waals surface area (Å²) in [5.74, 6) is 0.0857.